The molecule has 0 fully saturated rings. The molecule has 1 heterocycles. The van der Waals surface area contributed by atoms with E-state index in [2.05, 4.69) is 16.4 Å². The Kier molecular flexibility index (Phi) is 5.93. The van der Waals surface area contributed by atoms with E-state index in [1.54, 1.807) is 0 Å². The molecule has 2 rings (SSSR count). The van der Waals surface area contributed by atoms with Crippen molar-refractivity contribution in [3.05, 3.63) is 52.2 Å². The number of nitrogens with one attached hydrogen (secondary N) is 1. The van der Waals surface area contributed by atoms with Crippen LogP contribution in [0.2, 0.25) is 0 Å². The Bertz CT molecular complexity index is 888. The number of carbonyl (C=O) groups excluding carboxylic acids is 1. The number of carbonyl (C=O) groups is 1. The summed E-state index contributed by atoms with van der Waals surface area (Å²) in [5, 5.41) is 12.2. The fourth-order valence-electron chi connectivity index (χ4n) is 2.25. The molecule has 0 spiro atoms. The summed E-state index contributed by atoms with van der Waals surface area (Å²) in [4.78, 5) is 16.4. The lowest BCUT2D eigenvalue weighted by Crippen LogP contribution is -2.15. The van der Waals surface area contributed by atoms with Crippen LogP contribution in [0.5, 0.6) is 0 Å². The SMILES string of the molecule is Cc1nc(SCC(=O)Nc2cccc(C(F)(F)F)c2)c(C#N)c(C)c1C. The molecule has 0 aliphatic carbocycles. The second kappa shape index (κ2) is 7.79. The lowest BCUT2D eigenvalue weighted by molar-refractivity contribution is -0.137. The van der Waals surface area contributed by atoms with Gasteiger partial charge in [0.25, 0.3) is 0 Å². The highest BCUT2D eigenvalue weighted by Gasteiger charge is 2.30. The van der Waals surface area contributed by atoms with Crippen LogP contribution in [-0.4, -0.2) is 16.6 Å². The zero-order chi connectivity index (χ0) is 19.5. The molecule has 0 aliphatic heterocycles. The number of thioether (sulfide) groups is 1. The number of alkyl halides is 3. The second-order valence-corrected chi connectivity index (χ2v) is 6.62. The van der Waals surface area contributed by atoms with Gasteiger partial charge < -0.3 is 5.32 Å². The molecule has 1 aromatic carbocycles. The van der Waals surface area contributed by atoms with Crippen LogP contribution in [0.4, 0.5) is 18.9 Å². The van der Waals surface area contributed by atoms with Gasteiger partial charge in [0.05, 0.1) is 16.9 Å². The number of anilines is 1. The van der Waals surface area contributed by atoms with Crippen LogP contribution < -0.4 is 5.32 Å². The van der Waals surface area contributed by atoms with Crippen molar-refractivity contribution in [1.82, 2.24) is 4.98 Å². The number of amides is 1. The van der Waals surface area contributed by atoms with E-state index >= 15 is 0 Å². The van der Waals surface area contributed by atoms with Crippen LogP contribution in [0.15, 0.2) is 29.3 Å². The Balaban J connectivity index is 2.10. The van der Waals surface area contributed by atoms with E-state index < -0.39 is 17.6 Å². The fourth-order valence-corrected chi connectivity index (χ4v) is 3.14. The molecule has 26 heavy (non-hydrogen) atoms. The molecule has 0 saturated heterocycles. The second-order valence-electron chi connectivity index (χ2n) is 5.65. The number of halogens is 3. The highest BCUT2D eigenvalue weighted by molar-refractivity contribution is 8.00. The number of nitrogens with zero attached hydrogens (tertiary/aromatic N) is 2. The molecule has 0 unspecified atom stereocenters. The molecular weight excluding hydrogens is 363 g/mol. The summed E-state index contributed by atoms with van der Waals surface area (Å²) in [6.07, 6.45) is -4.47. The van der Waals surface area contributed by atoms with Crippen molar-refractivity contribution in [3.63, 3.8) is 0 Å². The lowest BCUT2D eigenvalue weighted by atomic mass is 10.1. The highest BCUT2D eigenvalue weighted by atomic mass is 32.2. The predicted molar refractivity (Wildman–Crippen MR) is 94.0 cm³/mol. The Morgan fingerprint density at radius 1 is 1.27 bits per heavy atom. The molecule has 1 aromatic heterocycles. The van der Waals surface area contributed by atoms with Gasteiger partial charge in [0.15, 0.2) is 0 Å². The summed E-state index contributed by atoms with van der Waals surface area (Å²) in [7, 11) is 0. The van der Waals surface area contributed by atoms with Crippen molar-refractivity contribution in [2.75, 3.05) is 11.1 Å². The van der Waals surface area contributed by atoms with E-state index in [1.807, 2.05) is 20.8 Å². The van der Waals surface area contributed by atoms with Crippen LogP contribution in [-0.2, 0) is 11.0 Å². The standard InChI is InChI=1S/C18H16F3N3OS/c1-10-11(2)15(8-22)17(23-12(10)3)26-9-16(25)24-14-6-4-5-13(7-14)18(19,20)21/h4-7H,9H2,1-3H3,(H,24,25). The van der Waals surface area contributed by atoms with Gasteiger partial charge in [-0.1, -0.05) is 17.8 Å². The molecule has 2 aromatic rings. The van der Waals surface area contributed by atoms with Gasteiger partial charge in [0.1, 0.15) is 11.1 Å². The Morgan fingerprint density at radius 2 is 1.96 bits per heavy atom. The van der Waals surface area contributed by atoms with Gasteiger partial charge in [0.2, 0.25) is 5.91 Å². The summed E-state index contributed by atoms with van der Waals surface area (Å²) in [5.74, 6) is -0.546. The third-order valence-corrected chi connectivity index (χ3v) is 4.86. The molecule has 4 nitrogen and oxygen atoms in total. The summed E-state index contributed by atoms with van der Waals surface area (Å²) in [5.41, 5.74) is 2.13. The Labute approximate surface area is 153 Å². The number of pyridine rings is 1. The van der Waals surface area contributed by atoms with Gasteiger partial charge in [0, 0.05) is 11.4 Å². The minimum Gasteiger partial charge on any atom is -0.325 e. The minimum absolute atomic E-state index is 0.0650. The van der Waals surface area contributed by atoms with E-state index in [1.165, 1.54) is 12.1 Å². The summed E-state index contributed by atoms with van der Waals surface area (Å²) in [6.45, 7) is 5.50. The molecule has 0 bridgehead atoms. The van der Waals surface area contributed by atoms with Gasteiger partial charge in [-0.15, -0.1) is 0 Å². The van der Waals surface area contributed by atoms with Crippen LogP contribution in [0.3, 0.4) is 0 Å². The maximum atomic E-state index is 12.7. The molecule has 0 aliphatic rings. The number of hydrogen-bond acceptors (Lipinski definition) is 4. The number of hydrogen-bond donors (Lipinski definition) is 1. The molecule has 136 valence electrons. The Morgan fingerprint density at radius 3 is 2.58 bits per heavy atom. The largest absolute Gasteiger partial charge is 0.416 e. The summed E-state index contributed by atoms with van der Waals surface area (Å²) >= 11 is 1.08. The number of rotatable bonds is 4. The van der Waals surface area contributed by atoms with E-state index in [-0.39, 0.29) is 11.4 Å². The Hall–Kier alpha value is -2.53. The van der Waals surface area contributed by atoms with Crippen LogP contribution in [0, 0.1) is 32.1 Å². The molecule has 0 saturated carbocycles. The molecular formula is C18H16F3N3OS. The molecule has 8 heteroatoms. The highest BCUT2D eigenvalue weighted by Crippen LogP contribution is 2.31. The van der Waals surface area contributed by atoms with Gasteiger partial charge in [-0.3, -0.25) is 4.79 Å². The number of aromatic nitrogens is 1. The van der Waals surface area contributed by atoms with Crippen molar-refractivity contribution in [1.29, 1.82) is 5.26 Å². The maximum Gasteiger partial charge on any atom is 0.416 e. The summed E-state index contributed by atoms with van der Waals surface area (Å²) in [6, 6.07) is 6.52. The van der Waals surface area contributed by atoms with E-state index in [0.717, 1.165) is 40.7 Å². The van der Waals surface area contributed by atoms with E-state index in [9.17, 15) is 23.2 Å². The first-order chi connectivity index (χ1) is 12.1. The zero-order valence-corrected chi connectivity index (χ0v) is 15.2. The van der Waals surface area contributed by atoms with Crippen LogP contribution in [0.25, 0.3) is 0 Å². The first kappa shape index (κ1) is 19.8. The van der Waals surface area contributed by atoms with Crippen molar-refractivity contribution in [3.8, 4) is 6.07 Å². The lowest BCUT2D eigenvalue weighted by Gasteiger charge is -2.12. The first-order valence-electron chi connectivity index (χ1n) is 7.61. The topological polar surface area (TPSA) is 65.8 Å². The smallest absolute Gasteiger partial charge is 0.325 e. The van der Waals surface area contributed by atoms with Gasteiger partial charge in [-0.2, -0.15) is 18.4 Å². The monoisotopic (exact) mass is 379 g/mol. The average molecular weight is 379 g/mol. The molecule has 0 radical (unpaired) electrons. The van der Waals surface area contributed by atoms with E-state index in [4.69, 9.17) is 0 Å². The van der Waals surface area contributed by atoms with Crippen LogP contribution >= 0.6 is 11.8 Å². The normalized spacial score (nSPS) is 11.1. The van der Waals surface area contributed by atoms with Gasteiger partial charge in [-0.25, -0.2) is 4.98 Å². The van der Waals surface area contributed by atoms with E-state index in [0.29, 0.717) is 10.6 Å². The third kappa shape index (κ3) is 4.55. The predicted octanol–water partition coefficient (Wildman–Crippen LogP) is 4.63. The number of aryl methyl sites for hydroxylation is 1. The quantitative estimate of drug-likeness (QED) is 0.787. The van der Waals surface area contributed by atoms with Crippen molar-refractivity contribution >= 4 is 23.4 Å². The molecule has 1 N–H and O–H groups in total. The first-order valence-corrected chi connectivity index (χ1v) is 8.60. The molecule has 1 amide bonds. The van der Waals surface area contributed by atoms with Gasteiger partial charge in [-0.05, 0) is 50.1 Å². The van der Waals surface area contributed by atoms with Crippen molar-refractivity contribution in [2.24, 2.45) is 0 Å². The summed E-state index contributed by atoms with van der Waals surface area (Å²) < 4.78 is 38.1. The number of nitriles is 1. The van der Waals surface area contributed by atoms with Gasteiger partial charge >= 0.3 is 6.18 Å². The van der Waals surface area contributed by atoms with Crippen molar-refractivity contribution in [2.45, 2.75) is 32.0 Å². The van der Waals surface area contributed by atoms with Crippen molar-refractivity contribution < 1.29 is 18.0 Å². The maximum absolute atomic E-state index is 12.7. The third-order valence-electron chi connectivity index (χ3n) is 3.89. The molecule has 0 atom stereocenters. The van der Waals surface area contributed by atoms with Crippen LogP contribution in [0.1, 0.15) is 27.9 Å². The number of benzene rings is 1. The minimum atomic E-state index is -4.47. The zero-order valence-electron chi connectivity index (χ0n) is 14.4. The fraction of sp³-hybridized carbons (Fsp3) is 0.278. The average Bonchev–Trinajstić information content (AvgIpc) is 2.57.